The first-order valence-electron chi connectivity index (χ1n) is 9.82. The van der Waals surface area contributed by atoms with Gasteiger partial charge in [0.2, 0.25) is 0 Å². The Bertz CT molecular complexity index is 873. The molecule has 0 aromatic heterocycles. The van der Waals surface area contributed by atoms with Gasteiger partial charge in [0.15, 0.2) is 0 Å². The lowest BCUT2D eigenvalue weighted by Crippen LogP contribution is -2.01. The molecule has 0 amide bonds. The third kappa shape index (κ3) is 5.93. The van der Waals surface area contributed by atoms with Crippen molar-refractivity contribution in [3.63, 3.8) is 0 Å². The Morgan fingerprint density at radius 1 is 0.857 bits per heavy atom. The number of unbranched alkanes of at least 4 members (excludes halogenated alkanes) is 1. The Labute approximate surface area is 173 Å². The van der Waals surface area contributed by atoms with Gasteiger partial charge in [-0.25, -0.2) is 0 Å². The summed E-state index contributed by atoms with van der Waals surface area (Å²) >= 11 is 1.69. The van der Waals surface area contributed by atoms with Crippen LogP contribution in [0.1, 0.15) is 36.5 Å². The summed E-state index contributed by atoms with van der Waals surface area (Å²) in [6.45, 7) is 6.48. The molecular weight excluding hydrogens is 360 g/mol. The molecule has 2 N–H and O–H groups in total. The van der Waals surface area contributed by atoms with Gasteiger partial charge in [-0.15, -0.1) is 0 Å². The summed E-state index contributed by atoms with van der Waals surface area (Å²) in [5.74, 6) is 0.911. The Morgan fingerprint density at radius 3 is 2.32 bits per heavy atom. The molecule has 28 heavy (non-hydrogen) atoms. The molecule has 144 valence electrons. The molecular formula is C25H28N2S. The molecule has 0 unspecified atom stereocenters. The minimum absolute atomic E-state index is 0.893. The highest BCUT2D eigenvalue weighted by Gasteiger charge is 2.06. The number of nitrogens with one attached hydrogen (secondary N) is 2. The number of aryl methyl sites for hydroxylation is 1. The SMILES string of the molecule is C=C(Nc1ccc(CCCC)cc1)c1ccccc1NSCc1ccccc1. The largest absolute Gasteiger partial charge is 0.355 e. The van der Waals surface area contributed by atoms with Crippen LogP contribution in [0.5, 0.6) is 0 Å². The zero-order valence-corrected chi connectivity index (χ0v) is 17.3. The van der Waals surface area contributed by atoms with E-state index in [-0.39, 0.29) is 0 Å². The molecule has 0 heterocycles. The fourth-order valence-electron chi connectivity index (χ4n) is 2.98. The van der Waals surface area contributed by atoms with Gasteiger partial charge in [-0.05, 0) is 54.1 Å². The van der Waals surface area contributed by atoms with Gasteiger partial charge in [0.25, 0.3) is 0 Å². The first kappa shape index (κ1) is 20.1. The zero-order valence-electron chi connectivity index (χ0n) is 16.4. The van der Waals surface area contributed by atoms with Crippen molar-refractivity contribution in [1.29, 1.82) is 0 Å². The maximum Gasteiger partial charge on any atom is 0.0533 e. The van der Waals surface area contributed by atoms with Crippen LogP contribution in [-0.4, -0.2) is 0 Å². The van der Waals surface area contributed by atoms with E-state index in [4.69, 9.17) is 0 Å². The van der Waals surface area contributed by atoms with Crippen LogP contribution < -0.4 is 10.0 Å². The molecule has 0 saturated heterocycles. The van der Waals surface area contributed by atoms with Crippen LogP contribution in [0.3, 0.4) is 0 Å². The monoisotopic (exact) mass is 388 g/mol. The minimum Gasteiger partial charge on any atom is -0.355 e. The van der Waals surface area contributed by atoms with Crippen LogP contribution in [0.4, 0.5) is 11.4 Å². The molecule has 3 aromatic rings. The molecule has 0 aliphatic carbocycles. The van der Waals surface area contributed by atoms with Gasteiger partial charge >= 0.3 is 0 Å². The van der Waals surface area contributed by atoms with Gasteiger partial charge in [0, 0.05) is 22.7 Å². The predicted octanol–water partition coefficient (Wildman–Crippen LogP) is 7.37. The highest BCUT2D eigenvalue weighted by Crippen LogP contribution is 2.27. The molecule has 0 radical (unpaired) electrons. The summed E-state index contributed by atoms with van der Waals surface area (Å²) in [7, 11) is 0. The van der Waals surface area contributed by atoms with E-state index in [9.17, 15) is 0 Å². The predicted molar refractivity (Wildman–Crippen MR) is 126 cm³/mol. The quantitative estimate of drug-likeness (QED) is 0.354. The second-order valence-electron chi connectivity index (χ2n) is 6.83. The maximum atomic E-state index is 4.26. The van der Waals surface area contributed by atoms with Crippen LogP contribution in [0, 0.1) is 0 Å². The average Bonchev–Trinajstić information content (AvgIpc) is 2.74. The number of para-hydroxylation sites is 1. The number of rotatable bonds is 10. The number of hydrogen-bond acceptors (Lipinski definition) is 3. The van der Waals surface area contributed by atoms with Crippen molar-refractivity contribution in [2.75, 3.05) is 10.0 Å². The molecule has 0 fully saturated rings. The fourth-order valence-corrected chi connectivity index (χ4v) is 3.75. The van der Waals surface area contributed by atoms with Gasteiger partial charge < -0.3 is 10.0 Å². The second-order valence-corrected chi connectivity index (χ2v) is 7.61. The normalized spacial score (nSPS) is 10.5. The summed E-state index contributed by atoms with van der Waals surface area (Å²) in [4.78, 5) is 0. The number of anilines is 2. The smallest absolute Gasteiger partial charge is 0.0533 e. The van der Waals surface area contributed by atoms with Gasteiger partial charge in [-0.1, -0.05) is 80.6 Å². The lowest BCUT2D eigenvalue weighted by Gasteiger charge is -2.15. The lowest BCUT2D eigenvalue weighted by molar-refractivity contribution is 0.795. The molecule has 0 aliphatic heterocycles. The Hall–Kier alpha value is -2.65. The molecule has 0 saturated carbocycles. The van der Waals surface area contributed by atoms with Crippen molar-refractivity contribution in [3.8, 4) is 0 Å². The van der Waals surface area contributed by atoms with Crippen molar-refractivity contribution in [1.82, 2.24) is 0 Å². The summed E-state index contributed by atoms with van der Waals surface area (Å²) < 4.78 is 3.48. The maximum absolute atomic E-state index is 4.26. The van der Waals surface area contributed by atoms with Gasteiger partial charge in [0.05, 0.1) is 5.69 Å². The molecule has 2 nitrogen and oxygen atoms in total. The molecule has 0 spiro atoms. The molecule has 0 atom stereocenters. The Morgan fingerprint density at radius 2 is 1.57 bits per heavy atom. The zero-order chi connectivity index (χ0) is 19.6. The summed E-state index contributed by atoms with van der Waals surface area (Å²) in [6, 6.07) is 27.4. The van der Waals surface area contributed by atoms with E-state index >= 15 is 0 Å². The van der Waals surface area contributed by atoms with E-state index in [1.807, 2.05) is 18.2 Å². The average molecular weight is 389 g/mol. The van der Waals surface area contributed by atoms with E-state index in [0.29, 0.717) is 0 Å². The standard InChI is InChI=1S/C25H28N2S/c1-3-4-10-21-15-17-23(18-16-21)26-20(2)24-13-8-9-14-25(24)27-28-19-22-11-6-5-7-12-22/h5-9,11-18,26-27H,2-4,10,19H2,1H3. The van der Waals surface area contributed by atoms with Crippen LogP contribution >= 0.6 is 11.9 Å². The fraction of sp³-hybridized carbons (Fsp3) is 0.200. The van der Waals surface area contributed by atoms with Crippen molar-refractivity contribution in [3.05, 3.63) is 102 Å². The number of benzene rings is 3. The van der Waals surface area contributed by atoms with Crippen molar-refractivity contribution in [2.45, 2.75) is 31.9 Å². The van der Waals surface area contributed by atoms with E-state index in [1.165, 1.54) is 24.0 Å². The van der Waals surface area contributed by atoms with Crippen molar-refractivity contribution in [2.24, 2.45) is 0 Å². The van der Waals surface area contributed by atoms with E-state index < -0.39 is 0 Å². The summed E-state index contributed by atoms with van der Waals surface area (Å²) in [6.07, 6.45) is 3.60. The minimum atomic E-state index is 0.893. The van der Waals surface area contributed by atoms with Crippen LogP contribution in [0.25, 0.3) is 5.70 Å². The Balaban J connectivity index is 1.60. The van der Waals surface area contributed by atoms with E-state index in [0.717, 1.165) is 34.8 Å². The lowest BCUT2D eigenvalue weighted by atomic mass is 10.1. The third-order valence-corrected chi connectivity index (χ3v) is 5.43. The van der Waals surface area contributed by atoms with Crippen LogP contribution in [0.2, 0.25) is 0 Å². The summed E-state index contributed by atoms with van der Waals surface area (Å²) in [5, 5.41) is 3.45. The van der Waals surface area contributed by atoms with Crippen molar-refractivity contribution >= 4 is 29.0 Å². The van der Waals surface area contributed by atoms with E-state index in [2.05, 4.69) is 84.2 Å². The van der Waals surface area contributed by atoms with Crippen molar-refractivity contribution < 1.29 is 0 Å². The molecule has 3 rings (SSSR count). The molecule has 3 aromatic carbocycles. The van der Waals surface area contributed by atoms with Crippen LogP contribution in [-0.2, 0) is 12.2 Å². The first-order chi connectivity index (χ1) is 13.8. The highest BCUT2D eigenvalue weighted by atomic mass is 32.2. The first-order valence-corrected chi connectivity index (χ1v) is 10.8. The highest BCUT2D eigenvalue weighted by molar-refractivity contribution is 7.99. The van der Waals surface area contributed by atoms with Gasteiger partial charge in [-0.3, -0.25) is 0 Å². The second kappa shape index (κ2) is 10.6. The third-order valence-electron chi connectivity index (χ3n) is 4.58. The van der Waals surface area contributed by atoms with Gasteiger partial charge in [0.1, 0.15) is 0 Å². The van der Waals surface area contributed by atoms with Crippen LogP contribution in [0.15, 0.2) is 85.4 Å². The molecule has 3 heteroatoms. The Kier molecular flexibility index (Phi) is 7.62. The molecule has 0 aliphatic rings. The summed E-state index contributed by atoms with van der Waals surface area (Å²) in [5.41, 5.74) is 6.80. The topological polar surface area (TPSA) is 24.1 Å². The molecule has 0 bridgehead atoms. The van der Waals surface area contributed by atoms with E-state index in [1.54, 1.807) is 11.9 Å². The van der Waals surface area contributed by atoms with Gasteiger partial charge in [-0.2, -0.15) is 0 Å². The number of hydrogen-bond donors (Lipinski definition) is 2.